The summed E-state index contributed by atoms with van der Waals surface area (Å²) in [6, 6.07) is 9.87. The molecule has 1 N–H and O–H groups in total. The van der Waals surface area contributed by atoms with Crippen LogP contribution in [0, 0.1) is 5.82 Å². The van der Waals surface area contributed by atoms with E-state index in [0.717, 1.165) is 4.47 Å². The summed E-state index contributed by atoms with van der Waals surface area (Å²) < 4.78 is 20.6. The fourth-order valence-corrected chi connectivity index (χ4v) is 2.91. The molecule has 1 heterocycles. The van der Waals surface area contributed by atoms with Crippen LogP contribution in [0.25, 0.3) is 0 Å². The Morgan fingerprint density at radius 2 is 2.00 bits per heavy atom. The van der Waals surface area contributed by atoms with E-state index >= 15 is 0 Å². The first kappa shape index (κ1) is 13.9. The number of aliphatic hydroxyl groups is 1. The summed E-state index contributed by atoms with van der Waals surface area (Å²) in [6.45, 7) is 0. The van der Waals surface area contributed by atoms with Crippen molar-refractivity contribution in [2.75, 3.05) is 0 Å². The summed E-state index contributed by atoms with van der Waals surface area (Å²) in [6.07, 6.45) is -0.894. The molecule has 1 unspecified atom stereocenters. The second kappa shape index (κ2) is 5.35. The van der Waals surface area contributed by atoms with Gasteiger partial charge in [0.05, 0.1) is 6.10 Å². The number of benzene rings is 2. The first-order chi connectivity index (χ1) is 9.54. The lowest BCUT2D eigenvalue weighted by Gasteiger charge is -2.30. The summed E-state index contributed by atoms with van der Waals surface area (Å²) in [5.74, 6) is 0.154. The van der Waals surface area contributed by atoms with Gasteiger partial charge < -0.3 is 9.84 Å². The Bertz CT molecular complexity index is 662. The molecule has 0 aliphatic carbocycles. The number of ether oxygens (including phenoxy) is 1. The van der Waals surface area contributed by atoms with Gasteiger partial charge in [0, 0.05) is 27.0 Å². The van der Waals surface area contributed by atoms with Crippen LogP contribution in [0.4, 0.5) is 4.39 Å². The van der Waals surface area contributed by atoms with E-state index in [1.807, 2.05) is 12.1 Å². The second-order valence-corrected chi connectivity index (χ2v) is 6.06. The molecule has 0 saturated carbocycles. The molecule has 0 aromatic heterocycles. The van der Waals surface area contributed by atoms with E-state index in [4.69, 9.17) is 16.3 Å². The Morgan fingerprint density at radius 1 is 1.20 bits per heavy atom. The van der Waals surface area contributed by atoms with Crippen molar-refractivity contribution in [3.05, 3.63) is 62.8 Å². The fraction of sp³-hybridized carbons (Fsp3) is 0.200. The average molecular weight is 358 g/mol. The first-order valence-electron chi connectivity index (χ1n) is 6.13. The van der Waals surface area contributed by atoms with Gasteiger partial charge in [0.25, 0.3) is 0 Å². The minimum absolute atomic E-state index is 0.308. The Labute approximate surface area is 129 Å². The van der Waals surface area contributed by atoms with Crippen LogP contribution in [0.3, 0.4) is 0 Å². The van der Waals surface area contributed by atoms with Crippen LogP contribution < -0.4 is 4.74 Å². The summed E-state index contributed by atoms with van der Waals surface area (Å²) >= 11 is 9.10. The highest BCUT2D eigenvalue weighted by Gasteiger charge is 2.29. The zero-order valence-corrected chi connectivity index (χ0v) is 12.7. The summed E-state index contributed by atoms with van der Waals surface area (Å²) in [4.78, 5) is 0. The van der Waals surface area contributed by atoms with Crippen molar-refractivity contribution in [2.45, 2.75) is 18.6 Å². The van der Waals surface area contributed by atoms with E-state index in [0.29, 0.717) is 28.3 Å². The van der Waals surface area contributed by atoms with Crippen molar-refractivity contribution in [3.8, 4) is 5.75 Å². The standard InChI is InChI=1S/C15H11BrClFO2/c16-8-1-4-14-11(5-8)13(19)7-15(20-14)10-3-2-9(17)6-12(10)18/h1-6,13,15,19H,7H2/t13-,15?/m1/s1. The van der Waals surface area contributed by atoms with E-state index in [-0.39, 0.29) is 0 Å². The predicted octanol–water partition coefficient (Wildman–Crippen LogP) is 4.80. The van der Waals surface area contributed by atoms with Crippen LogP contribution in [0.1, 0.15) is 29.8 Å². The van der Waals surface area contributed by atoms with Crippen molar-refractivity contribution < 1.29 is 14.2 Å². The van der Waals surface area contributed by atoms with Crippen molar-refractivity contribution in [2.24, 2.45) is 0 Å². The van der Waals surface area contributed by atoms with E-state index in [1.54, 1.807) is 18.2 Å². The lowest BCUT2D eigenvalue weighted by molar-refractivity contribution is 0.0640. The van der Waals surface area contributed by atoms with Crippen molar-refractivity contribution in [1.82, 2.24) is 0 Å². The fourth-order valence-electron chi connectivity index (χ4n) is 2.37. The largest absolute Gasteiger partial charge is 0.485 e. The molecule has 1 aliphatic heterocycles. The van der Waals surface area contributed by atoms with Gasteiger partial charge in [0.1, 0.15) is 17.7 Å². The summed E-state index contributed by atoms with van der Waals surface area (Å²) in [5, 5.41) is 10.6. The van der Waals surface area contributed by atoms with Gasteiger partial charge in [0.2, 0.25) is 0 Å². The second-order valence-electron chi connectivity index (χ2n) is 4.71. The minimum atomic E-state index is -0.684. The SMILES string of the molecule is O[C@@H]1CC(c2ccc(Cl)cc2F)Oc2ccc(Br)cc21. The van der Waals surface area contributed by atoms with Crippen molar-refractivity contribution in [3.63, 3.8) is 0 Å². The molecule has 0 bridgehead atoms. The molecule has 2 aromatic carbocycles. The van der Waals surface area contributed by atoms with Crippen LogP contribution in [-0.2, 0) is 0 Å². The van der Waals surface area contributed by atoms with Gasteiger partial charge in [-0.25, -0.2) is 4.39 Å². The Balaban J connectivity index is 1.97. The van der Waals surface area contributed by atoms with Crippen LogP contribution in [0.5, 0.6) is 5.75 Å². The maximum Gasteiger partial charge on any atom is 0.131 e. The molecule has 104 valence electrons. The Kier molecular flexibility index (Phi) is 3.71. The maximum atomic E-state index is 13.9. The van der Waals surface area contributed by atoms with Crippen LogP contribution >= 0.6 is 27.5 Å². The lowest BCUT2D eigenvalue weighted by Crippen LogP contribution is -2.20. The Hall–Kier alpha value is -1.10. The molecule has 1 aliphatic rings. The van der Waals surface area contributed by atoms with E-state index in [1.165, 1.54) is 6.07 Å². The van der Waals surface area contributed by atoms with Gasteiger partial charge in [-0.15, -0.1) is 0 Å². The maximum absolute atomic E-state index is 13.9. The summed E-state index contributed by atoms with van der Waals surface area (Å²) in [7, 11) is 0. The molecule has 0 fully saturated rings. The highest BCUT2D eigenvalue weighted by atomic mass is 79.9. The van der Waals surface area contributed by atoms with Gasteiger partial charge in [-0.05, 0) is 30.3 Å². The van der Waals surface area contributed by atoms with Crippen molar-refractivity contribution >= 4 is 27.5 Å². The average Bonchev–Trinajstić information content (AvgIpc) is 2.39. The number of aliphatic hydroxyl groups excluding tert-OH is 1. The van der Waals surface area contributed by atoms with Crippen molar-refractivity contribution in [1.29, 1.82) is 0 Å². The van der Waals surface area contributed by atoms with Crippen LogP contribution in [0.2, 0.25) is 5.02 Å². The quantitative estimate of drug-likeness (QED) is 0.794. The molecule has 0 amide bonds. The third-order valence-corrected chi connectivity index (χ3v) is 4.08. The molecule has 0 radical (unpaired) electrons. The Morgan fingerprint density at radius 3 is 2.75 bits per heavy atom. The zero-order valence-electron chi connectivity index (χ0n) is 10.3. The highest BCUT2D eigenvalue weighted by Crippen LogP contribution is 2.42. The molecule has 5 heteroatoms. The molecule has 2 atom stereocenters. The van der Waals surface area contributed by atoms with E-state index in [2.05, 4.69) is 15.9 Å². The zero-order chi connectivity index (χ0) is 14.3. The van der Waals surface area contributed by atoms with Gasteiger partial charge in [-0.1, -0.05) is 33.6 Å². The molecule has 2 aromatic rings. The molecule has 0 saturated heterocycles. The number of fused-ring (bicyclic) bond motifs is 1. The van der Waals surface area contributed by atoms with Gasteiger partial charge in [-0.3, -0.25) is 0 Å². The third kappa shape index (κ3) is 2.55. The third-order valence-electron chi connectivity index (χ3n) is 3.35. The summed E-state index contributed by atoms with van der Waals surface area (Å²) in [5.41, 5.74) is 1.12. The smallest absolute Gasteiger partial charge is 0.131 e. The number of hydrogen-bond acceptors (Lipinski definition) is 2. The van der Waals surface area contributed by atoms with Gasteiger partial charge in [-0.2, -0.15) is 0 Å². The number of rotatable bonds is 1. The number of hydrogen-bond donors (Lipinski definition) is 1. The normalized spacial score (nSPS) is 21.2. The highest BCUT2D eigenvalue weighted by molar-refractivity contribution is 9.10. The van der Waals surface area contributed by atoms with Crippen LogP contribution in [-0.4, -0.2) is 5.11 Å². The van der Waals surface area contributed by atoms with Crippen LogP contribution in [0.15, 0.2) is 40.9 Å². The van der Waals surface area contributed by atoms with E-state index in [9.17, 15) is 9.50 Å². The number of halogens is 3. The lowest BCUT2D eigenvalue weighted by atomic mass is 9.95. The van der Waals surface area contributed by atoms with Gasteiger partial charge in [0.15, 0.2) is 0 Å². The minimum Gasteiger partial charge on any atom is -0.485 e. The molecule has 0 spiro atoms. The molecular formula is C15H11BrClFO2. The topological polar surface area (TPSA) is 29.5 Å². The molecule has 2 nitrogen and oxygen atoms in total. The predicted molar refractivity (Wildman–Crippen MR) is 78.5 cm³/mol. The monoisotopic (exact) mass is 356 g/mol. The van der Waals surface area contributed by atoms with Gasteiger partial charge >= 0.3 is 0 Å². The molecular weight excluding hydrogens is 347 g/mol. The first-order valence-corrected chi connectivity index (χ1v) is 7.31. The molecule has 3 rings (SSSR count). The molecule has 20 heavy (non-hydrogen) atoms. The van der Waals surface area contributed by atoms with E-state index < -0.39 is 18.0 Å².